The molecule has 0 aromatic heterocycles. The van der Waals surface area contributed by atoms with E-state index in [1.165, 1.54) is 6.07 Å². The Kier molecular flexibility index (Phi) is 4.14. The summed E-state index contributed by atoms with van der Waals surface area (Å²) in [5, 5.41) is 3.26. The molecule has 0 aliphatic carbocycles. The number of halogens is 2. The second kappa shape index (κ2) is 5.63. The van der Waals surface area contributed by atoms with Crippen molar-refractivity contribution in [2.75, 3.05) is 6.54 Å². The molecule has 1 aromatic rings. The van der Waals surface area contributed by atoms with Crippen LogP contribution in [0.3, 0.4) is 0 Å². The van der Waals surface area contributed by atoms with Gasteiger partial charge in [0, 0.05) is 23.9 Å². The van der Waals surface area contributed by atoms with Crippen molar-refractivity contribution in [3.8, 4) is 11.8 Å². The third-order valence-corrected chi connectivity index (χ3v) is 1.55. The van der Waals surface area contributed by atoms with Crippen LogP contribution in [0.1, 0.15) is 12.0 Å². The van der Waals surface area contributed by atoms with Gasteiger partial charge in [0.1, 0.15) is 11.6 Å². The SMILES string of the molecule is [N-]=[N+]=NCCC#Cc1ccc(F)cc1F. The van der Waals surface area contributed by atoms with Gasteiger partial charge in [0.2, 0.25) is 0 Å². The summed E-state index contributed by atoms with van der Waals surface area (Å²) >= 11 is 0. The summed E-state index contributed by atoms with van der Waals surface area (Å²) in [4.78, 5) is 2.54. The molecule has 5 heteroatoms. The second-order valence-electron chi connectivity index (χ2n) is 2.63. The molecule has 0 N–H and O–H groups in total. The van der Waals surface area contributed by atoms with Gasteiger partial charge in [0.25, 0.3) is 0 Å². The van der Waals surface area contributed by atoms with Crippen LogP contribution >= 0.6 is 0 Å². The summed E-state index contributed by atoms with van der Waals surface area (Å²) in [6.07, 6.45) is 0.348. The van der Waals surface area contributed by atoms with Crippen LogP contribution in [-0.2, 0) is 0 Å². The van der Waals surface area contributed by atoms with Crippen molar-refractivity contribution in [1.82, 2.24) is 0 Å². The van der Waals surface area contributed by atoms with Crippen molar-refractivity contribution in [1.29, 1.82) is 0 Å². The monoisotopic (exact) mass is 207 g/mol. The maximum absolute atomic E-state index is 13.0. The molecule has 3 nitrogen and oxygen atoms in total. The largest absolute Gasteiger partial charge is 0.207 e. The molecule has 0 radical (unpaired) electrons. The highest BCUT2D eigenvalue weighted by Crippen LogP contribution is 2.07. The number of rotatable bonds is 2. The van der Waals surface area contributed by atoms with E-state index in [2.05, 4.69) is 21.9 Å². The van der Waals surface area contributed by atoms with Crippen LogP contribution in [0.25, 0.3) is 10.4 Å². The molecule has 0 spiro atoms. The van der Waals surface area contributed by atoms with Crippen molar-refractivity contribution in [3.05, 3.63) is 45.8 Å². The minimum atomic E-state index is -0.689. The van der Waals surface area contributed by atoms with Crippen LogP contribution < -0.4 is 0 Å². The lowest BCUT2D eigenvalue weighted by Crippen LogP contribution is -1.85. The first-order valence-corrected chi connectivity index (χ1v) is 4.19. The van der Waals surface area contributed by atoms with Crippen molar-refractivity contribution >= 4 is 0 Å². The van der Waals surface area contributed by atoms with Crippen LogP contribution in [0.4, 0.5) is 8.78 Å². The first-order valence-electron chi connectivity index (χ1n) is 4.19. The zero-order valence-electron chi connectivity index (χ0n) is 7.74. The van der Waals surface area contributed by atoms with E-state index in [1.807, 2.05) is 0 Å². The van der Waals surface area contributed by atoms with Crippen molar-refractivity contribution in [3.63, 3.8) is 0 Å². The van der Waals surface area contributed by atoms with Gasteiger partial charge < -0.3 is 0 Å². The molecule has 0 aliphatic rings. The first-order chi connectivity index (χ1) is 7.24. The molecule has 1 aromatic carbocycles. The van der Waals surface area contributed by atoms with Crippen molar-refractivity contribution in [2.45, 2.75) is 6.42 Å². The average molecular weight is 207 g/mol. The van der Waals surface area contributed by atoms with E-state index in [-0.39, 0.29) is 12.1 Å². The summed E-state index contributed by atoms with van der Waals surface area (Å²) in [5.74, 6) is 3.82. The van der Waals surface area contributed by atoms with E-state index < -0.39 is 11.6 Å². The van der Waals surface area contributed by atoms with Crippen LogP contribution in [0.2, 0.25) is 0 Å². The molecule has 1 rings (SSSR count). The van der Waals surface area contributed by atoms with Gasteiger partial charge in [-0.2, -0.15) is 0 Å². The van der Waals surface area contributed by atoms with Gasteiger partial charge >= 0.3 is 0 Å². The normalized spacial score (nSPS) is 8.67. The molecule has 0 saturated carbocycles. The van der Waals surface area contributed by atoms with E-state index >= 15 is 0 Å². The van der Waals surface area contributed by atoms with E-state index in [1.54, 1.807) is 0 Å². The number of azide groups is 1. The topological polar surface area (TPSA) is 48.8 Å². The van der Waals surface area contributed by atoms with E-state index in [4.69, 9.17) is 5.53 Å². The molecular formula is C10H7F2N3. The summed E-state index contributed by atoms with van der Waals surface area (Å²) in [6, 6.07) is 3.18. The Balaban J connectivity index is 2.67. The lowest BCUT2D eigenvalue weighted by Gasteiger charge is -1.93. The fraction of sp³-hybridized carbons (Fsp3) is 0.200. The van der Waals surface area contributed by atoms with Gasteiger partial charge in [-0.05, 0) is 17.7 Å². The maximum Gasteiger partial charge on any atom is 0.141 e. The maximum atomic E-state index is 13.0. The van der Waals surface area contributed by atoms with Gasteiger partial charge in [-0.1, -0.05) is 17.0 Å². The molecule has 0 amide bonds. The Morgan fingerprint density at radius 2 is 2.20 bits per heavy atom. The summed E-state index contributed by atoms with van der Waals surface area (Å²) < 4.78 is 25.5. The quantitative estimate of drug-likeness (QED) is 0.235. The lowest BCUT2D eigenvalue weighted by atomic mass is 10.2. The summed E-state index contributed by atoms with van der Waals surface area (Å²) in [7, 11) is 0. The van der Waals surface area contributed by atoms with E-state index in [9.17, 15) is 8.78 Å². The molecule has 0 bridgehead atoms. The standard InChI is InChI=1S/C10H7F2N3/c11-9-5-4-8(10(12)7-9)3-1-2-6-14-15-13/h4-5,7H,2,6H2. The Hall–Kier alpha value is -2.05. The van der Waals surface area contributed by atoms with E-state index in [0.29, 0.717) is 6.42 Å². The van der Waals surface area contributed by atoms with Crippen molar-refractivity contribution in [2.24, 2.45) is 5.11 Å². The van der Waals surface area contributed by atoms with Gasteiger partial charge in [-0.3, -0.25) is 0 Å². The van der Waals surface area contributed by atoms with Crippen LogP contribution in [-0.4, -0.2) is 6.54 Å². The molecule has 0 fully saturated rings. The molecule has 0 saturated heterocycles. The zero-order valence-corrected chi connectivity index (χ0v) is 7.74. The minimum Gasteiger partial charge on any atom is -0.207 e. The average Bonchev–Trinajstić information content (AvgIpc) is 2.20. The third kappa shape index (κ3) is 3.67. The number of hydrogen-bond acceptors (Lipinski definition) is 1. The third-order valence-electron chi connectivity index (χ3n) is 1.55. The van der Waals surface area contributed by atoms with Crippen molar-refractivity contribution < 1.29 is 8.78 Å². The van der Waals surface area contributed by atoms with Gasteiger partial charge in [-0.25, -0.2) is 8.78 Å². The Morgan fingerprint density at radius 3 is 2.87 bits per heavy atom. The zero-order chi connectivity index (χ0) is 11.1. The number of hydrogen-bond donors (Lipinski definition) is 0. The lowest BCUT2D eigenvalue weighted by molar-refractivity contribution is 0.581. The molecule has 0 unspecified atom stereocenters. The second-order valence-corrected chi connectivity index (χ2v) is 2.63. The molecule has 15 heavy (non-hydrogen) atoms. The van der Waals surface area contributed by atoms with Gasteiger partial charge in [-0.15, -0.1) is 0 Å². The smallest absolute Gasteiger partial charge is 0.141 e. The van der Waals surface area contributed by atoms with Crippen LogP contribution in [0.15, 0.2) is 23.3 Å². The Labute approximate surface area is 85.4 Å². The van der Waals surface area contributed by atoms with Gasteiger partial charge in [0.05, 0.1) is 5.56 Å². The molecular weight excluding hydrogens is 200 g/mol. The highest BCUT2D eigenvalue weighted by atomic mass is 19.1. The fourth-order valence-electron chi connectivity index (χ4n) is 0.899. The highest BCUT2D eigenvalue weighted by molar-refractivity contribution is 5.35. The summed E-state index contributed by atoms with van der Waals surface area (Å²) in [6.45, 7) is 0.242. The molecule has 76 valence electrons. The molecule has 0 heterocycles. The predicted octanol–water partition coefficient (Wildman–Crippen LogP) is 3.02. The Bertz CT molecular complexity index is 453. The predicted molar refractivity (Wildman–Crippen MR) is 51.9 cm³/mol. The summed E-state index contributed by atoms with van der Waals surface area (Å²) in [5.41, 5.74) is 8.10. The molecule has 0 atom stereocenters. The highest BCUT2D eigenvalue weighted by Gasteiger charge is 1.99. The first kappa shape index (κ1) is 11.0. The van der Waals surface area contributed by atoms with Gasteiger partial charge in [0.15, 0.2) is 0 Å². The minimum absolute atomic E-state index is 0.136. The molecule has 0 aliphatic heterocycles. The fourth-order valence-corrected chi connectivity index (χ4v) is 0.899. The number of nitrogens with zero attached hydrogens (tertiary/aromatic N) is 3. The number of benzene rings is 1. The van der Waals surface area contributed by atoms with Crippen LogP contribution in [0.5, 0.6) is 0 Å². The van der Waals surface area contributed by atoms with Crippen LogP contribution in [0, 0.1) is 23.5 Å². The Morgan fingerprint density at radius 1 is 1.40 bits per heavy atom. The van der Waals surface area contributed by atoms with E-state index in [0.717, 1.165) is 12.1 Å².